The maximum Gasteiger partial charge on any atom is 0.124 e. The van der Waals surface area contributed by atoms with Gasteiger partial charge in [-0.2, -0.15) is 0 Å². The molecule has 5 atom stereocenters. The van der Waals surface area contributed by atoms with E-state index in [2.05, 4.69) is 0 Å². The molecule has 0 aromatic carbocycles. The van der Waals surface area contributed by atoms with Gasteiger partial charge >= 0.3 is 0 Å². The van der Waals surface area contributed by atoms with Crippen molar-refractivity contribution in [1.82, 2.24) is 0 Å². The average Bonchev–Trinajstić information content (AvgIpc) is 2.26. The van der Waals surface area contributed by atoms with Crippen molar-refractivity contribution in [3.8, 4) is 0 Å². The van der Waals surface area contributed by atoms with Crippen LogP contribution in [0.15, 0.2) is 0 Å². The maximum atomic E-state index is 10.7. The van der Waals surface area contributed by atoms with Crippen molar-refractivity contribution < 1.29 is 29.5 Å². The van der Waals surface area contributed by atoms with Crippen LogP contribution in [0.4, 0.5) is 0 Å². The highest BCUT2D eigenvalue weighted by Gasteiger charge is 2.69. The molecule has 114 valence electrons. The van der Waals surface area contributed by atoms with Gasteiger partial charge in [0.15, 0.2) is 0 Å². The topological polar surface area (TPSA) is 88.4 Å². The highest BCUT2D eigenvalue weighted by molar-refractivity contribution is 5.19. The van der Waals surface area contributed by atoms with Crippen LogP contribution in [0.5, 0.6) is 0 Å². The number of ether oxygens (including phenoxy) is 3. The molecule has 0 bridgehead atoms. The Morgan fingerprint density at radius 1 is 0.947 bits per heavy atom. The minimum Gasteiger partial charge on any atom is -0.384 e. The molecule has 0 aromatic heterocycles. The Morgan fingerprint density at radius 2 is 1.47 bits per heavy atom. The molecule has 6 nitrogen and oxygen atoms in total. The van der Waals surface area contributed by atoms with E-state index in [0.717, 1.165) is 0 Å². The third-order valence-corrected chi connectivity index (χ3v) is 4.73. The summed E-state index contributed by atoms with van der Waals surface area (Å²) in [6.07, 6.45) is -0.784. The van der Waals surface area contributed by atoms with Crippen LogP contribution in [0.3, 0.4) is 0 Å². The predicted octanol–water partition coefficient (Wildman–Crippen LogP) is -0.310. The summed E-state index contributed by atoms with van der Waals surface area (Å²) in [7, 11) is 2.96. The van der Waals surface area contributed by atoms with E-state index in [1.54, 1.807) is 6.92 Å². The minimum atomic E-state index is -1.80. The highest BCUT2D eigenvalue weighted by atomic mass is 16.6. The van der Waals surface area contributed by atoms with Gasteiger partial charge in [-0.25, -0.2) is 0 Å². The predicted molar refractivity (Wildman–Crippen MR) is 68.9 cm³/mol. The SMILES string of the molecule is COCC1O[C@](C)(COC)C(C)(O)[C@](C)(O)[C@]1(C)O. The molecule has 3 N–H and O–H groups in total. The third-order valence-electron chi connectivity index (χ3n) is 4.73. The summed E-state index contributed by atoms with van der Waals surface area (Å²) in [5.41, 5.74) is -6.34. The normalized spacial score (nSPS) is 51.3. The lowest BCUT2D eigenvalue weighted by molar-refractivity contribution is -0.378. The minimum absolute atomic E-state index is 0.0758. The van der Waals surface area contributed by atoms with Gasteiger partial charge in [0.1, 0.15) is 28.5 Å². The quantitative estimate of drug-likeness (QED) is 0.654. The molecule has 1 aliphatic rings. The Morgan fingerprint density at radius 3 is 1.89 bits per heavy atom. The Bertz CT molecular complexity index is 325. The summed E-state index contributed by atoms with van der Waals surface area (Å²) in [5, 5.41) is 32.0. The van der Waals surface area contributed by atoms with Crippen LogP contribution in [0.25, 0.3) is 0 Å². The van der Waals surface area contributed by atoms with Crippen molar-refractivity contribution >= 4 is 0 Å². The fourth-order valence-corrected chi connectivity index (χ4v) is 2.66. The van der Waals surface area contributed by atoms with E-state index in [-0.39, 0.29) is 13.2 Å². The smallest absolute Gasteiger partial charge is 0.124 e. The van der Waals surface area contributed by atoms with Gasteiger partial charge in [-0.3, -0.25) is 0 Å². The molecule has 0 spiro atoms. The number of rotatable bonds is 4. The molecule has 0 aliphatic carbocycles. The Kier molecular flexibility index (Phi) is 4.38. The first-order valence-electron chi connectivity index (χ1n) is 6.30. The monoisotopic (exact) mass is 278 g/mol. The average molecular weight is 278 g/mol. The molecule has 1 fully saturated rings. The molecule has 0 aromatic rings. The third kappa shape index (κ3) is 2.20. The van der Waals surface area contributed by atoms with Crippen molar-refractivity contribution in [3.63, 3.8) is 0 Å². The van der Waals surface area contributed by atoms with E-state index >= 15 is 0 Å². The van der Waals surface area contributed by atoms with Gasteiger partial charge in [0, 0.05) is 14.2 Å². The van der Waals surface area contributed by atoms with E-state index in [1.165, 1.54) is 35.0 Å². The zero-order valence-electron chi connectivity index (χ0n) is 12.6. The second kappa shape index (κ2) is 4.95. The summed E-state index contributed by atoms with van der Waals surface area (Å²) in [5.74, 6) is 0. The summed E-state index contributed by atoms with van der Waals surface area (Å²) in [4.78, 5) is 0. The van der Waals surface area contributed by atoms with Crippen molar-refractivity contribution in [2.75, 3.05) is 27.4 Å². The van der Waals surface area contributed by atoms with Gasteiger partial charge in [0.05, 0.1) is 13.2 Å². The Hall–Kier alpha value is -0.240. The van der Waals surface area contributed by atoms with Crippen LogP contribution in [-0.2, 0) is 14.2 Å². The number of aliphatic hydroxyl groups is 3. The summed E-state index contributed by atoms with van der Waals surface area (Å²) >= 11 is 0. The lowest BCUT2D eigenvalue weighted by Crippen LogP contribution is -2.81. The fraction of sp³-hybridized carbons (Fsp3) is 1.00. The zero-order chi connectivity index (χ0) is 15.1. The molecule has 0 amide bonds. The van der Waals surface area contributed by atoms with Gasteiger partial charge in [-0.15, -0.1) is 0 Å². The van der Waals surface area contributed by atoms with Crippen LogP contribution in [0, 0.1) is 0 Å². The van der Waals surface area contributed by atoms with Gasteiger partial charge < -0.3 is 29.5 Å². The van der Waals surface area contributed by atoms with Crippen LogP contribution in [-0.4, -0.2) is 71.3 Å². The molecular weight excluding hydrogens is 252 g/mol. The van der Waals surface area contributed by atoms with Crippen molar-refractivity contribution in [3.05, 3.63) is 0 Å². The van der Waals surface area contributed by atoms with E-state index in [0.29, 0.717) is 0 Å². The fourth-order valence-electron chi connectivity index (χ4n) is 2.66. The molecule has 1 saturated heterocycles. The first-order chi connectivity index (χ1) is 8.48. The molecule has 6 heteroatoms. The first-order valence-corrected chi connectivity index (χ1v) is 6.30. The lowest BCUT2D eigenvalue weighted by Gasteiger charge is -2.62. The summed E-state index contributed by atoms with van der Waals surface area (Å²) in [6, 6.07) is 0. The van der Waals surface area contributed by atoms with Crippen LogP contribution >= 0.6 is 0 Å². The molecule has 0 radical (unpaired) electrons. The van der Waals surface area contributed by atoms with Crippen LogP contribution in [0.1, 0.15) is 27.7 Å². The molecular formula is C13H26O6. The van der Waals surface area contributed by atoms with Crippen molar-refractivity contribution in [1.29, 1.82) is 0 Å². The first kappa shape index (κ1) is 16.8. The molecule has 1 heterocycles. The van der Waals surface area contributed by atoms with Crippen molar-refractivity contribution in [2.24, 2.45) is 0 Å². The lowest BCUT2D eigenvalue weighted by atomic mass is 9.62. The molecule has 0 saturated carbocycles. The summed E-state index contributed by atoms with van der Waals surface area (Å²) in [6.45, 7) is 6.07. The van der Waals surface area contributed by atoms with E-state index < -0.39 is 28.5 Å². The maximum absolute atomic E-state index is 10.7. The Labute approximate surface area is 114 Å². The molecule has 19 heavy (non-hydrogen) atoms. The number of hydrogen-bond donors (Lipinski definition) is 3. The highest BCUT2D eigenvalue weighted by Crippen LogP contribution is 2.49. The largest absolute Gasteiger partial charge is 0.384 e. The van der Waals surface area contributed by atoms with Gasteiger partial charge in [-0.05, 0) is 27.7 Å². The van der Waals surface area contributed by atoms with Crippen molar-refractivity contribution in [2.45, 2.75) is 56.2 Å². The van der Waals surface area contributed by atoms with Gasteiger partial charge in [0.25, 0.3) is 0 Å². The van der Waals surface area contributed by atoms with E-state index in [4.69, 9.17) is 14.2 Å². The zero-order valence-corrected chi connectivity index (χ0v) is 12.6. The number of hydrogen-bond acceptors (Lipinski definition) is 6. The molecule has 1 aliphatic heterocycles. The van der Waals surface area contributed by atoms with Gasteiger partial charge in [0.2, 0.25) is 0 Å². The van der Waals surface area contributed by atoms with Gasteiger partial charge in [-0.1, -0.05) is 0 Å². The standard InChI is InChI=1S/C13H26O6/c1-10(8-18-6)12(3,15)13(4,16)11(2,14)9(19-10)7-17-5/h9,14-16H,7-8H2,1-6H3/t9?,10-,11-,12?,13-/m1/s1. The number of methoxy groups -OCH3 is 2. The second-order valence-electron chi connectivity index (χ2n) is 6.02. The van der Waals surface area contributed by atoms with Crippen LogP contribution in [0.2, 0.25) is 0 Å². The van der Waals surface area contributed by atoms with Crippen LogP contribution < -0.4 is 0 Å². The molecule has 2 unspecified atom stereocenters. The van der Waals surface area contributed by atoms with E-state index in [1.807, 2.05) is 0 Å². The summed E-state index contributed by atoms with van der Waals surface area (Å²) < 4.78 is 15.9. The molecule has 1 rings (SSSR count). The second-order valence-corrected chi connectivity index (χ2v) is 6.02. The van der Waals surface area contributed by atoms with E-state index in [9.17, 15) is 15.3 Å². The Balaban J connectivity index is 3.28.